The molecular weight excluding hydrogens is 304 g/mol. The number of alkyl halides is 3. The Kier molecular flexibility index (Phi) is 2.94. The largest absolute Gasteiger partial charge is 0.435 e. The van der Waals surface area contributed by atoms with Crippen LogP contribution in [0, 0.1) is 5.82 Å². The molecule has 0 bridgehead atoms. The van der Waals surface area contributed by atoms with Crippen molar-refractivity contribution in [3.05, 3.63) is 47.7 Å². The molecule has 2 aromatic heterocycles. The molecule has 3 N–H and O–H groups in total. The van der Waals surface area contributed by atoms with Crippen molar-refractivity contribution < 1.29 is 22.4 Å². The molecule has 0 saturated heterocycles. The number of amides is 1. The molecule has 0 aliphatic rings. The van der Waals surface area contributed by atoms with Crippen molar-refractivity contribution in [3.8, 4) is 5.69 Å². The number of aromatic amines is 1. The minimum absolute atomic E-state index is 0.208. The second-order valence-electron chi connectivity index (χ2n) is 4.53. The van der Waals surface area contributed by atoms with Crippen molar-refractivity contribution in [2.24, 2.45) is 5.73 Å². The Morgan fingerprint density at radius 3 is 2.64 bits per heavy atom. The third-order valence-corrected chi connectivity index (χ3v) is 3.12. The lowest BCUT2D eigenvalue weighted by molar-refractivity contribution is -0.141. The number of H-pyrrole nitrogens is 1. The summed E-state index contributed by atoms with van der Waals surface area (Å²) in [5.74, 6) is -1.99. The predicted octanol–water partition coefficient (Wildman–Crippen LogP) is 2.61. The van der Waals surface area contributed by atoms with Crippen LogP contribution in [0.15, 0.2) is 30.5 Å². The Balaban J connectivity index is 2.35. The molecule has 9 heteroatoms. The molecule has 114 valence electrons. The normalized spacial score (nSPS) is 12.0. The van der Waals surface area contributed by atoms with Gasteiger partial charge >= 0.3 is 6.18 Å². The number of hydrogen-bond acceptors (Lipinski definition) is 2. The van der Waals surface area contributed by atoms with E-state index in [0.29, 0.717) is 16.1 Å². The van der Waals surface area contributed by atoms with Crippen LogP contribution in [0.2, 0.25) is 0 Å². The molecule has 0 aliphatic carbocycles. The van der Waals surface area contributed by atoms with Crippen molar-refractivity contribution in [2.75, 3.05) is 0 Å². The summed E-state index contributed by atoms with van der Waals surface area (Å²) in [7, 11) is 0. The van der Waals surface area contributed by atoms with Crippen molar-refractivity contribution in [1.29, 1.82) is 0 Å². The number of rotatable bonds is 2. The minimum atomic E-state index is -4.78. The molecule has 1 amide bonds. The lowest BCUT2D eigenvalue weighted by atomic mass is 10.2. The highest BCUT2D eigenvalue weighted by molar-refractivity contribution is 5.94. The van der Waals surface area contributed by atoms with Gasteiger partial charge in [0.05, 0.1) is 5.52 Å². The SMILES string of the molecule is NC(=O)c1cc(C(F)(F)F)nn1-c1c(F)ccc2cc[nH]c12. The van der Waals surface area contributed by atoms with Gasteiger partial charge in [-0.25, -0.2) is 9.07 Å². The first-order valence-corrected chi connectivity index (χ1v) is 6.02. The first kappa shape index (κ1) is 14.1. The van der Waals surface area contributed by atoms with Crippen LogP contribution in [0.3, 0.4) is 0 Å². The van der Waals surface area contributed by atoms with Crippen molar-refractivity contribution in [3.63, 3.8) is 0 Å². The lowest BCUT2D eigenvalue weighted by Crippen LogP contribution is -2.17. The fraction of sp³-hybridized carbons (Fsp3) is 0.0769. The molecule has 3 aromatic rings. The van der Waals surface area contributed by atoms with Crippen molar-refractivity contribution in [1.82, 2.24) is 14.8 Å². The van der Waals surface area contributed by atoms with Crippen molar-refractivity contribution in [2.45, 2.75) is 6.18 Å². The van der Waals surface area contributed by atoms with Crippen LogP contribution >= 0.6 is 0 Å². The fourth-order valence-electron chi connectivity index (χ4n) is 2.16. The van der Waals surface area contributed by atoms with Gasteiger partial charge in [0.2, 0.25) is 0 Å². The van der Waals surface area contributed by atoms with Crippen LogP contribution in [-0.2, 0) is 6.18 Å². The minimum Gasteiger partial charge on any atom is -0.364 e. The maximum atomic E-state index is 14.1. The summed E-state index contributed by atoms with van der Waals surface area (Å²) in [6.45, 7) is 0. The molecule has 3 rings (SSSR count). The summed E-state index contributed by atoms with van der Waals surface area (Å²) >= 11 is 0. The van der Waals surface area contributed by atoms with Gasteiger partial charge in [0.1, 0.15) is 11.4 Å². The summed E-state index contributed by atoms with van der Waals surface area (Å²) in [5.41, 5.74) is 3.10. The highest BCUT2D eigenvalue weighted by Crippen LogP contribution is 2.31. The second-order valence-corrected chi connectivity index (χ2v) is 4.53. The van der Waals surface area contributed by atoms with Crippen molar-refractivity contribution >= 4 is 16.8 Å². The molecule has 2 heterocycles. The van der Waals surface area contributed by atoms with E-state index in [9.17, 15) is 22.4 Å². The zero-order chi connectivity index (χ0) is 16.1. The van der Waals surface area contributed by atoms with E-state index in [1.165, 1.54) is 12.3 Å². The van der Waals surface area contributed by atoms with Crippen LogP contribution in [0.4, 0.5) is 17.6 Å². The average Bonchev–Trinajstić information content (AvgIpc) is 3.03. The molecule has 0 spiro atoms. The third-order valence-electron chi connectivity index (χ3n) is 3.12. The standard InChI is InChI=1S/C13H8F4N4O/c14-7-2-1-6-3-4-19-10(6)11(7)21-8(12(18)22)5-9(20-21)13(15,16)17/h1-5,19H,(H2,18,22). The van der Waals surface area contributed by atoms with Crippen LogP contribution < -0.4 is 5.73 Å². The summed E-state index contributed by atoms with van der Waals surface area (Å²) in [5, 5.41) is 3.85. The number of halogens is 4. The van der Waals surface area contributed by atoms with E-state index in [1.807, 2.05) is 0 Å². The van der Waals surface area contributed by atoms with Gasteiger partial charge in [-0.05, 0) is 18.2 Å². The summed E-state index contributed by atoms with van der Waals surface area (Å²) in [4.78, 5) is 14.1. The number of carbonyl (C=O) groups is 1. The summed E-state index contributed by atoms with van der Waals surface area (Å²) in [6, 6.07) is 4.62. The monoisotopic (exact) mass is 312 g/mol. The molecule has 0 saturated carbocycles. The van der Waals surface area contributed by atoms with Gasteiger partial charge in [0, 0.05) is 17.6 Å². The molecule has 1 aromatic carbocycles. The van der Waals surface area contributed by atoms with E-state index in [4.69, 9.17) is 5.73 Å². The summed E-state index contributed by atoms with van der Waals surface area (Å²) < 4.78 is 53.0. The molecule has 22 heavy (non-hydrogen) atoms. The zero-order valence-corrected chi connectivity index (χ0v) is 10.8. The number of primary amides is 1. The van der Waals surface area contributed by atoms with Crippen LogP contribution in [-0.4, -0.2) is 20.7 Å². The van der Waals surface area contributed by atoms with E-state index < -0.39 is 29.3 Å². The fourth-order valence-corrected chi connectivity index (χ4v) is 2.16. The van der Waals surface area contributed by atoms with Gasteiger partial charge in [-0.1, -0.05) is 0 Å². The Morgan fingerprint density at radius 1 is 1.27 bits per heavy atom. The Labute approximate surface area is 120 Å². The molecule has 0 radical (unpaired) electrons. The van der Waals surface area contributed by atoms with Crippen LogP contribution in [0.5, 0.6) is 0 Å². The summed E-state index contributed by atoms with van der Waals surface area (Å²) in [6.07, 6.45) is -3.29. The highest BCUT2D eigenvalue weighted by atomic mass is 19.4. The maximum Gasteiger partial charge on any atom is 0.435 e. The first-order valence-electron chi connectivity index (χ1n) is 6.02. The van der Waals surface area contributed by atoms with Gasteiger partial charge < -0.3 is 10.7 Å². The second kappa shape index (κ2) is 4.58. The van der Waals surface area contributed by atoms with Gasteiger partial charge in [-0.15, -0.1) is 0 Å². The van der Waals surface area contributed by atoms with E-state index >= 15 is 0 Å². The quantitative estimate of drug-likeness (QED) is 0.714. The van der Waals surface area contributed by atoms with E-state index in [1.54, 1.807) is 6.07 Å². The smallest absolute Gasteiger partial charge is 0.364 e. The third kappa shape index (κ3) is 2.10. The van der Waals surface area contributed by atoms with Gasteiger partial charge in [-0.2, -0.15) is 18.3 Å². The molecule has 5 nitrogen and oxygen atoms in total. The number of aromatic nitrogens is 3. The Morgan fingerprint density at radius 2 is 2.00 bits per heavy atom. The number of fused-ring (bicyclic) bond motifs is 1. The molecular formula is C13H8F4N4O. The molecule has 0 fully saturated rings. The van der Waals surface area contributed by atoms with Gasteiger partial charge in [-0.3, -0.25) is 4.79 Å². The molecule has 0 unspecified atom stereocenters. The highest BCUT2D eigenvalue weighted by Gasteiger charge is 2.36. The topological polar surface area (TPSA) is 76.7 Å². The van der Waals surface area contributed by atoms with E-state index in [0.717, 1.165) is 6.07 Å². The van der Waals surface area contributed by atoms with Gasteiger partial charge in [0.25, 0.3) is 5.91 Å². The number of nitrogens with two attached hydrogens (primary N) is 1. The lowest BCUT2D eigenvalue weighted by Gasteiger charge is -2.08. The maximum absolute atomic E-state index is 14.1. The number of carbonyl (C=O) groups excluding carboxylic acids is 1. The van der Waals surface area contributed by atoms with E-state index in [-0.39, 0.29) is 11.2 Å². The zero-order valence-electron chi connectivity index (χ0n) is 10.8. The van der Waals surface area contributed by atoms with Crippen LogP contribution in [0.1, 0.15) is 16.2 Å². The molecule has 0 aliphatic heterocycles. The number of nitrogens with one attached hydrogen (secondary N) is 1. The first-order chi connectivity index (χ1) is 10.3. The predicted molar refractivity (Wildman–Crippen MR) is 68.9 cm³/mol. The Hall–Kier alpha value is -2.84. The molecule has 0 atom stereocenters. The Bertz CT molecular complexity index is 878. The number of benzene rings is 1. The van der Waals surface area contributed by atoms with Gasteiger partial charge in [0.15, 0.2) is 11.5 Å². The van der Waals surface area contributed by atoms with E-state index in [2.05, 4.69) is 10.1 Å². The number of hydrogen-bond donors (Lipinski definition) is 2. The van der Waals surface area contributed by atoms with Crippen LogP contribution in [0.25, 0.3) is 16.6 Å². The average molecular weight is 312 g/mol. The number of nitrogens with zero attached hydrogens (tertiary/aromatic N) is 2.